The van der Waals surface area contributed by atoms with E-state index in [9.17, 15) is 8.78 Å². The second-order valence-corrected chi connectivity index (χ2v) is 6.05. The molecule has 0 radical (unpaired) electrons. The topological polar surface area (TPSA) is 83.7 Å². The van der Waals surface area contributed by atoms with E-state index in [1.165, 1.54) is 18.6 Å². The Morgan fingerprint density at radius 2 is 1.88 bits per heavy atom. The highest BCUT2D eigenvalue weighted by Crippen LogP contribution is 2.29. The molecule has 4 rings (SSSR count). The Morgan fingerprint density at radius 1 is 1.08 bits per heavy atom. The van der Waals surface area contributed by atoms with E-state index in [4.69, 9.17) is 5.73 Å². The highest BCUT2D eigenvalue weighted by molar-refractivity contribution is 5.69. The number of aromatic nitrogens is 4. The number of nitrogens with zero attached hydrogens (tertiary/aromatic N) is 4. The zero-order valence-corrected chi connectivity index (χ0v) is 13.3. The summed E-state index contributed by atoms with van der Waals surface area (Å²) in [5.74, 6) is -0.426. The summed E-state index contributed by atoms with van der Waals surface area (Å²) in [5.41, 5.74) is 6.86. The highest BCUT2D eigenvalue weighted by atomic mass is 19.1. The Morgan fingerprint density at radius 3 is 2.52 bits per heavy atom. The number of H-pyrrole nitrogens is 1. The van der Waals surface area contributed by atoms with Crippen LogP contribution in [0.15, 0.2) is 36.9 Å². The van der Waals surface area contributed by atoms with Crippen molar-refractivity contribution in [3.63, 3.8) is 0 Å². The predicted molar refractivity (Wildman–Crippen MR) is 89.8 cm³/mol. The lowest BCUT2D eigenvalue weighted by Crippen LogP contribution is -2.26. The molecular weight excluding hydrogens is 326 g/mol. The van der Waals surface area contributed by atoms with Crippen LogP contribution in [-0.2, 0) is 0 Å². The molecular formula is C17H16F2N6. The van der Waals surface area contributed by atoms with E-state index in [2.05, 4.69) is 20.2 Å². The monoisotopic (exact) mass is 342 g/mol. The highest BCUT2D eigenvalue weighted by Gasteiger charge is 2.21. The Balaban J connectivity index is 1.64. The molecule has 8 heteroatoms. The number of anilines is 1. The van der Waals surface area contributed by atoms with Crippen LogP contribution in [0.1, 0.15) is 6.42 Å². The van der Waals surface area contributed by atoms with Crippen molar-refractivity contribution in [1.29, 1.82) is 0 Å². The molecule has 128 valence electrons. The zero-order valence-electron chi connectivity index (χ0n) is 13.3. The minimum absolute atomic E-state index is 0.0712. The summed E-state index contributed by atoms with van der Waals surface area (Å²) in [6.07, 6.45) is 6.86. The number of hydrogen-bond acceptors (Lipinski definition) is 5. The van der Waals surface area contributed by atoms with Crippen LogP contribution >= 0.6 is 0 Å². The van der Waals surface area contributed by atoms with Gasteiger partial charge in [0.1, 0.15) is 17.5 Å². The van der Waals surface area contributed by atoms with Crippen molar-refractivity contribution >= 4 is 5.82 Å². The van der Waals surface area contributed by atoms with Crippen LogP contribution in [0.25, 0.3) is 22.4 Å². The van der Waals surface area contributed by atoms with Gasteiger partial charge in [-0.3, -0.25) is 10.1 Å². The second-order valence-electron chi connectivity index (χ2n) is 6.05. The van der Waals surface area contributed by atoms with Gasteiger partial charge in [-0.15, -0.1) is 0 Å². The largest absolute Gasteiger partial charge is 0.354 e. The Kier molecular flexibility index (Phi) is 3.89. The van der Waals surface area contributed by atoms with Crippen LogP contribution < -0.4 is 10.6 Å². The van der Waals surface area contributed by atoms with E-state index in [1.807, 2.05) is 4.90 Å². The van der Waals surface area contributed by atoms with Gasteiger partial charge in [0.25, 0.3) is 0 Å². The van der Waals surface area contributed by atoms with Gasteiger partial charge >= 0.3 is 0 Å². The SMILES string of the molecule is NC1CCN(c2cnc(-c3cc(F)c(-c4cn[nH]c4)cc3F)cn2)C1. The van der Waals surface area contributed by atoms with Gasteiger partial charge in [0.05, 0.1) is 24.3 Å². The molecule has 25 heavy (non-hydrogen) atoms. The molecule has 0 amide bonds. The maximum absolute atomic E-state index is 14.5. The molecule has 1 aliphatic rings. The molecule has 1 atom stereocenters. The summed E-state index contributed by atoms with van der Waals surface area (Å²) in [6.45, 7) is 1.54. The molecule has 1 saturated heterocycles. The lowest BCUT2D eigenvalue weighted by Gasteiger charge is -2.16. The molecule has 1 unspecified atom stereocenters. The molecule has 0 spiro atoms. The number of nitrogens with one attached hydrogen (secondary N) is 1. The minimum Gasteiger partial charge on any atom is -0.354 e. The molecule has 0 bridgehead atoms. The third kappa shape index (κ3) is 2.96. The van der Waals surface area contributed by atoms with Gasteiger partial charge in [-0.05, 0) is 18.6 Å². The minimum atomic E-state index is -0.567. The lowest BCUT2D eigenvalue weighted by atomic mass is 10.0. The fraction of sp³-hybridized carbons (Fsp3) is 0.235. The van der Waals surface area contributed by atoms with Crippen molar-refractivity contribution in [1.82, 2.24) is 20.2 Å². The average molecular weight is 342 g/mol. The van der Waals surface area contributed by atoms with E-state index >= 15 is 0 Å². The van der Waals surface area contributed by atoms with E-state index < -0.39 is 11.6 Å². The summed E-state index contributed by atoms with van der Waals surface area (Å²) < 4.78 is 28.8. The lowest BCUT2D eigenvalue weighted by molar-refractivity contribution is 0.605. The fourth-order valence-electron chi connectivity index (χ4n) is 2.98. The molecule has 1 aromatic carbocycles. The molecule has 0 aliphatic carbocycles. The van der Waals surface area contributed by atoms with Gasteiger partial charge in [-0.1, -0.05) is 0 Å². The van der Waals surface area contributed by atoms with Crippen LogP contribution in [0.4, 0.5) is 14.6 Å². The molecule has 1 fully saturated rings. The van der Waals surface area contributed by atoms with Crippen LogP contribution in [-0.4, -0.2) is 39.3 Å². The summed E-state index contributed by atoms with van der Waals surface area (Å²) in [4.78, 5) is 10.6. The molecule has 1 aliphatic heterocycles. The van der Waals surface area contributed by atoms with Crippen molar-refractivity contribution < 1.29 is 8.78 Å². The molecule has 2 aromatic heterocycles. The summed E-state index contributed by atoms with van der Waals surface area (Å²) in [7, 11) is 0. The standard InChI is InChI=1S/C17H16F2N6/c18-14-4-13(15(19)3-12(14)10-5-23-24-6-10)16-7-22-17(8-21-16)25-2-1-11(20)9-25/h3-8,11H,1-2,9,20H2,(H,23,24). The van der Waals surface area contributed by atoms with Crippen LogP contribution in [0.3, 0.4) is 0 Å². The van der Waals surface area contributed by atoms with Gasteiger partial charge < -0.3 is 10.6 Å². The van der Waals surface area contributed by atoms with Crippen LogP contribution in [0.2, 0.25) is 0 Å². The van der Waals surface area contributed by atoms with Crippen LogP contribution in [0, 0.1) is 11.6 Å². The maximum atomic E-state index is 14.5. The van der Waals surface area contributed by atoms with Gasteiger partial charge in [0.15, 0.2) is 0 Å². The first kappa shape index (κ1) is 15.6. The number of benzene rings is 1. The van der Waals surface area contributed by atoms with Gasteiger partial charge in [-0.2, -0.15) is 5.10 Å². The van der Waals surface area contributed by atoms with Crippen molar-refractivity contribution in [3.8, 4) is 22.4 Å². The summed E-state index contributed by atoms with van der Waals surface area (Å²) in [5, 5.41) is 6.33. The molecule has 3 N–H and O–H groups in total. The summed E-state index contributed by atoms with van der Waals surface area (Å²) >= 11 is 0. The van der Waals surface area contributed by atoms with Crippen molar-refractivity contribution in [2.75, 3.05) is 18.0 Å². The number of halogens is 2. The van der Waals surface area contributed by atoms with Crippen molar-refractivity contribution in [3.05, 3.63) is 48.6 Å². The summed E-state index contributed by atoms with van der Waals surface area (Å²) in [6, 6.07) is 2.40. The third-order valence-electron chi connectivity index (χ3n) is 4.33. The molecule has 0 saturated carbocycles. The predicted octanol–water partition coefficient (Wildman–Crippen LogP) is 2.35. The van der Waals surface area contributed by atoms with E-state index in [0.717, 1.165) is 31.6 Å². The van der Waals surface area contributed by atoms with Crippen LogP contribution in [0.5, 0.6) is 0 Å². The van der Waals surface area contributed by atoms with Crippen molar-refractivity contribution in [2.45, 2.75) is 12.5 Å². The third-order valence-corrected chi connectivity index (χ3v) is 4.33. The fourth-order valence-corrected chi connectivity index (χ4v) is 2.98. The molecule has 3 aromatic rings. The normalized spacial score (nSPS) is 17.2. The number of nitrogens with two attached hydrogens (primary N) is 1. The van der Waals surface area contributed by atoms with Crippen molar-refractivity contribution in [2.24, 2.45) is 5.73 Å². The first-order chi connectivity index (χ1) is 12.1. The zero-order chi connectivity index (χ0) is 17.4. The molecule has 3 heterocycles. The maximum Gasteiger partial charge on any atom is 0.147 e. The first-order valence-electron chi connectivity index (χ1n) is 7.93. The number of rotatable bonds is 3. The second kappa shape index (κ2) is 6.21. The first-order valence-corrected chi connectivity index (χ1v) is 7.93. The number of aromatic amines is 1. The number of hydrogen-bond donors (Lipinski definition) is 2. The molecule has 6 nitrogen and oxygen atoms in total. The van der Waals surface area contributed by atoms with E-state index in [1.54, 1.807) is 6.20 Å². The Hall–Kier alpha value is -2.87. The Bertz CT molecular complexity index is 879. The Labute approximate surface area is 142 Å². The smallest absolute Gasteiger partial charge is 0.147 e. The van der Waals surface area contributed by atoms with Gasteiger partial charge in [0, 0.05) is 42.0 Å². The van der Waals surface area contributed by atoms with Gasteiger partial charge in [-0.25, -0.2) is 13.8 Å². The van der Waals surface area contributed by atoms with E-state index in [0.29, 0.717) is 11.4 Å². The quantitative estimate of drug-likeness (QED) is 0.763. The van der Waals surface area contributed by atoms with E-state index in [-0.39, 0.29) is 22.9 Å². The van der Waals surface area contributed by atoms with Gasteiger partial charge in [0.2, 0.25) is 0 Å². The average Bonchev–Trinajstić information content (AvgIpc) is 3.28.